The fourth-order valence-electron chi connectivity index (χ4n) is 2.33. The van der Waals surface area contributed by atoms with Crippen LogP contribution in [-0.2, 0) is 0 Å². The van der Waals surface area contributed by atoms with Gasteiger partial charge in [0.15, 0.2) is 0 Å². The predicted octanol–water partition coefficient (Wildman–Crippen LogP) is 2.84. The van der Waals surface area contributed by atoms with E-state index >= 15 is 0 Å². The third kappa shape index (κ3) is 3.49. The molecule has 2 rings (SSSR count). The fraction of sp³-hybridized carbons (Fsp3) is 0.500. The second kappa shape index (κ2) is 6.54. The monoisotopic (exact) mass is 301 g/mol. The van der Waals surface area contributed by atoms with Crippen molar-refractivity contribution in [1.82, 2.24) is 4.90 Å². The van der Waals surface area contributed by atoms with Gasteiger partial charge in [0.1, 0.15) is 0 Å². The molecule has 20 heavy (non-hydrogen) atoms. The van der Waals surface area contributed by atoms with Gasteiger partial charge in [-0.2, -0.15) is 8.78 Å². The van der Waals surface area contributed by atoms with Crippen molar-refractivity contribution >= 4 is 17.7 Å². The van der Waals surface area contributed by atoms with Crippen molar-refractivity contribution in [2.45, 2.75) is 30.1 Å². The van der Waals surface area contributed by atoms with E-state index in [2.05, 4.69) is 0 Å². The zero-order chi connectivity index (χ0) is 14.7. The Hall–Kier alpha value is -1.14. The molecule has 0 aromatic heterocycles. The summed E-state index contributed by atoms with van der Waals surface area (Å²) < 4.78 is 25.0. The number of hydrogen-bond acceptors (Lipinski definition) is 3. The van der Waals surface area contributed by atoms with Crippen molar-refractivity contribution in [1.29, 1.82) is 0 Å². The fourth-order valence-corrected chi connectivity index (χ4v) is 2.96. The predicted molar refractivity (Wildman–Crippen MR) is 74.0 cm³/mol. The highest BCUT2D eigenvalue weighted by atomic mass is 32.2. The van der Waals surface area contributed by atoms with Gasteiger partial charge in [0.25, 0.3) is 11.7 Å². The number of thioether (sulfide) groups is 1. The summed E-state index contributed by atoms with van der Waals surface area (Å²) in [6, 6.07) is 6.42. The first-order valence-corrected chi connectivity index (χ1v) is 7.38. The van der Waals surface area contributed by atoms with Crippen LogP contribution >= 0.6 is 11.8 Å². The summed E-state index contributed by atoms with van der Waals surface area (Å²) in [5, 5.41) is 9.68. The van der Waals surface area contributed by atoms with Crippen LogP contribution in [0.25, 0.3) is 0 Å². The van der Waals surface area contributed by atoms with Crippen LogP contribution in [0.4, 0.5) is 8.78 Å². The molecule has 1 aliphatic rings. The Morgan fingerprint density at radius 1 is 1.45 bits per heavy atom. The second-order valence-electron chi connectivity index (χ2n) is 4.96. The van der Waals surface area contributed by atoms with Gasteiger partial charge in [0, 0.05) is 18.0 Å². The summed E-state index contributed by atoms with van der Waals surface area (Å²) in [7, 11) is 0. The van der Waals surface area contributed by atoms with E-state index in [-0.39, 0.29) is 11.8 Å². The smallest absolute Gasteiger partial charge is 0.288 e. The van der Waals surface area contributed by atoms with E-state index in [1.807, 2.05) is 6.92 Å². The molecule has 1 aromatic carbocycles. The minimum atomic E-state index is -2.55. The van der Waals surface area contributed by atoms with Crippen LogP contribution < -0.4 is 0 Å². The molecule has 0 aliphatic carbocycles. The molecule has 0 spiro atoms. The molecule has 1 amide bonds. The number of aliphatic hydroxyl groups is 1. The standard InChI is InChI=1S/C14H17F2NO2S/c1-9-8-17(7-6-11(9)18)13(19)10-4-2-3-5-12(10)20-14(15)16/h2-5,9,11,14,18H,6-8H2,1H3. The number of aliphatic hydroxyl groups excluding tert-OH is 1. The highest BCUT2D eigenvalue weighted by Crippen LogP contribution is 2.30. The van der Waals surface area contributed by atoms with Gasteiger partial charge in [-0.15, -0.1) is 0 Å². The van der Waals surface area contributed by atoms with Crippen molar-refractivity contribution in [2.75, 3.05) is 13.1 Å². The van der Waals surface area contributed by atoms with E-state index in [4.69, 9.17) is 0 Å². The van der Waals surface area contributed by atoms with Crippen LogP contribution in [0.1, 0.15) is 23.7 Å². The molecular weight excluding hydrogens is 284 g/mol. The molecule has 1 aromatic rings. The van der Waals surface area contributed by atoms with E-state index in [0.717, 1.165) is 0 Å². The van der Waals surface area contributed by atoms with Gasteiger partial charge in [0.2, 0.25) is 0 Å². The number of hydrogen-bond donors (Lipinski definition) is 1. The van der Waals surface area contributed by atoms with E-state index < -0.39 is 11.9 Å². The number of likely N-dealkylation sites (tertiary alicyclic amines) is 1. The van der Waals surface area contributed by atoms with Crippen molar-refractivity contribution in [2.24, 2.45) is 5.92 Å². The maximum absolute atomic E-state index is 12.5. The Kier molecular flexibility index (Phi) is 4.99. The molecule has 1 aliphatic heterocycles. The molecule has 3 nitrogen and oxygen atoms in total. The number of amides is 1. The van der Waals surface area contributed by atoms with Crippen LogP contribution in [0.3, 0.4) is 0 Å². The number of carbonyl (C=O) groups excluding carboxylic acids is 1. The molecule has 110 valence electrons. The van der Waals surface area contributed by atoms with Gasteiger partial charge in [0.05, 0.1) is 11.7 Å². The highest BCUT2D eigenvalue weighted by molar-refractivity contribution is 7.99. The molecule has 1 heterocycles. The lowest BCUT2D eigenvalue weighted by Crippen LogP contribution is -2.45. The van der Waals surface area contributed by atoms with Crippen molar-refractivity contribution in [3.63, 3.8) is 0 Å². The summed E-state index contributed by atoms with van der Waals surface area (Å²) in [4.78, 5) is 14.4. The number of nitrogens with zero attached hydrogens (tertiary/aromatic N) is 1. The van der Waals surface area contributed by atoms with Crippen molar-refractivity contribution in [3.05, 3.63) is 29.8 Å². The molecule has 2 atom stereocenters. The lowest BCUT2D eigenvalue weighted by Gasteiger charge is -2.34. The van der Waals surface area contributed by atoms with Gasteiger partial charge in [-0.05, 0) is 24.5 Å². The Balaban J connectivity index is 2.17. The quantitative estimate of drug-likeness (QED) is 0.873. The maximum Gasteiger partial charge on any atom is 0.288 e. The molecule has 1 saturated heterocycles. The zero-order valence-corrected chi connectivity index (χ0v) is 11.9. The first-order valence-electron chi connectivity index (χ1n) is 6.50. The third-order valence-electron chi connectivity index (χ3n) is 3.48. The number of piperidine rings is 1. The first kappa shape index (κ1) is 15.3. The Bertz CT molecular complexity index is 484. The van der Waals surface area contributed by atoms with Gasteiger partial charge < -0.3 is 10.0 Å². The number of benzene rings is 1. The molecule has 0 saturated carbocycles. The Morgan fingerprint density at radius 2 is 2.15 bits per heavy atom. The van der Waals surface area contributed by atoms with Crippen LogP contribution in [0.15, 0.2) is 29.2 Å². The number of alkyl halides is 2. The van der Waals surface area contributed by atoms with E-state index in [1.165, 1.54) is 6.07 Å². The van der Waals surface area contributed by atoms with Gasteiger partial charge in [-0.1, -0.05) is 30.8 Å². The summed E-state index contributed by atoms with van der Waals surface area (Å²) in [6.45, 7) is 2.79. The number of halogens is 2. The highest BCUT2D eigenvalue weighted by Gasteiger charge is 2.29. The largest absolute Gasteiger partial charge is 0.393 e. The lowest BCUT2D eigenvalue weighted by atomic mass is 9.96. The third-order valence-corrected chi connectivity index (χ3v) is 4.27. The molecule has 0 bridgehead atoms. The minimum Gasteiger partial charge on any atom is -0.393 e. The average Bonchev–Trinajstić information content (AvgIpc) is 2.41. The molecule has 0 radical (unpaired) electrons. The number of rotatable bonds is 3. The molecular formula is C14H17F2NO2S. The van der Waals surface area contributed by atoms with Crippen LogP contribution in [0.2, 0.25) is 0 Å². The van der Waals surface area contributed by atoms with Gasteiger partial charge in [-0.3, -0.25) is 4.79 Å². The van der Waals surface area contributed by atoms with Crippen LogP contribution in [0.5, 0.6) is 0 Å². The lowest BCUT2D eigenvalue weighted by molar-refractivity contribution is 0.0295. The second-order valence-corrected chi connectivity index (χ2v) is 5.99. The summed E-state index contributed by atoms with van der Waals surface area (Å²) in [6.07, 6.45) is 0.126. The molecule has 1 fully saturated rings. The van der Waals surface area contributed by atoms with E-state index in [1.54, 1.807) is 23.1 Å². The Labute approximate surface area is 121 Å². The SMILES string of the molecule is CC1CN(C(=O)c2ccccc2SC(F)F)CCC1O. The first-order chi connectivity index (χ1) is 9.49. The number of carbonyl (C=O) groups is 1. The normalized spacial score (nSPS) is 23.1. The molecule has 2 unspecified atom stereocenters. The van der Waals surface area contributed by atoms with Crippen LogP contribution in [-0.4, -0.2) is 40.9 Å². The summed E-state index contributed by atoms with van der Waals surface area (Å²) in [5.41, 5.74) is 0.307. The zero-order valence-electron chi connectivity index (χ0n) is 11.1. The van der Waals surface area contributed by atoms with E-state index in [9.17, 15) is 18.7 Å². The van der Waals surface area contributed by atoms with Crippen molar-refractivity contribution in [3.8, 4) is 0 Å². The van der Waals surface area contributed by atoms with Gasteiger partial charge in [-0.25, -0.2) is 0 Å². The van der Waals surface area contributed by atoms with Gasteiger partial charge >= 0.3 is 0 Å². The Morgan fingerprint density at radius 3 is 2.80 bits per heavy atom. The topological polar surface area (TPSA) is 40.5 Å². The summed E-state index contributed by atoms with van der Waals surface area (Å²) in [5.74, 6) is -2.79. The molecule has 6 heteroatoms. The molecule has 1 N–H and O–H groups in total. The van der Waals surface area contributed by atoms with Crippen LogP contribution in [0, 0.1) is 5.92 Å². The van der Waals surface area contributed by atoms with Crippen molar-refractivity contribution < 1.29 is 18.7 Å². The average molecular weight is 301 g/mol. The van der Waals surface area contributed by atoms with E-state index in [0.29, 0.717) is 41.7 Å². The summed E-state index contributed by atoms with van der Waals surface area (Å²) >= 11 is 0.389. The minimum absolute atomic E-state index is 0.00242. The maximum atomic E-state index is 12.5.